The third-order valence-electron chi connectivity index (χ3n) is 3.17. The van der Waals surface area contributed by atoms with E-state index in [-0.39, 0.29) is 11.3 Å². The number of rotatable bonds is 5. The van der Waals surface area contributed by atoms with Gasteiger partial charge in [-0.25, -0.2) is 4.79 Å². The van der Waals surface area contributed by atoms with Crippen molar-refractivity contribution in [3.63, 3.8) is 0 Å². The molecule has 0 atom stereocenters. The number of nitrogens with one attached hydrogen (secondary N) is 1. The molecule has 5 nitrogen and oxygen atoms in total. The molecule has 1 radical (unpaired) electrons. The van der Waals surface area contributed by atoms with Gasteiger partial charge in [-0.3, -0.25) is 5.73 Å². The normalized spacial score (nSPS) is 10.2. The Morgan fingerprint density at radius 2 is 1.67 bits per heavy atom. The Kier molecular flexibility index (Phi) is 4.33. The standard InChI is InChI=1S/C16H16NO4/c1-20-14-6-4-11(9-15(14)21-2)7-10-3-5-12(16(18)19)13(17)8-10/h3-6,8-9,17H,7H2,1-2H3,(H,18,19). The van der Waals surface area contributed by atoms with Crippen molar-refractivity contribution >= 4 is 11.7 Å². The number of carboxylic acid groups (broad SMARTS) is 1. The molecule has 0 aromatic heterocycles. The number of hydrogen-bond donors (Lipinski definition) is 1. The van der Waals surface area contributed by atoms with Gasteiger partial charge in [0.25, 0.3) is 0 Å². The first-order chi connectivity index (χ1) is 10.0. The van der Waals surface area contributed by atoms with Gasteiger partial charge >= 0.3 is 5.97 Å². The largest absolute Gasteiger partial charge is 0.493 e. The summed E-state index contributed by atoms with van der Waals surface area (Å²) in [5.74, 6) is 0.213. The molecule has 109 valence electrons. The van der Waals surface area contributed by atoms with E-state index in [0.29, 0.717) is 17.9 Å². The molecule has 0 amide bonds. The molecule has 2 aromatic rings. The van der Waals surface area contributed by atoms with E-state index in [1.54, 1.807) is 26.4 Å². The summed E-state index contributed by atoms with van der Waals surface area (Å²) in [6.45, 7) is 0. The summed E-state index contributed by atoms with van der Waals surface area (Å²) in [4.78, 5) is 10.9. The molecule has 0 saturated heterocycles. The van der Waals surface area contributed by atoms with Gasteiger partial charge in [0.05, 0.1) is 25.5 Å². The third kappa shape index (κ3) is 3.25. The predicted molar refractivity (Wildman–Crippen MR) is 78.5 cm³/mol. The number of hydrogen-bond acceptors (Lipinski definition) is 3. The summed E-state index contributed by atoms with van der Waals surface area (Å²) in [5.41, 5.74) is 9.61. The summed E-state index contributed by atoms with van der Waals surface area (Å²) in [6, 6.07) is 10.4. The molecule has 0 aliphatic heterocycles. The van der Waals surface area contributed by atoms with Crippen molar-refractivity contribution in [1.29, 1.82) is 0 Å². The Morgan fingerprint density at radius 3 is 2.24 bits per heavy atom. The lowest BCUT2D eigenvalue weighted by atomic mass is 10.0. The van der Waals surface area contributed by atoms with E-state index in [1.807, 2.05) is 18.2 Å². The molecule has 2 rings (SSSR count). The Labute approximate surface area is 122 Å². The minimum atomic E-state index is -1.09. The zero-order chi connectivity index (χ0) is 15.4. The van der Waals surface area contributed by atoms with Crippen molar-refractivity contribution < 1.29 is 19.4 Å². The third-order valence-corrected chi connectivity index (χ3v) is 3.17. The van der Waals surface area contributed by atoms with Gasteiger partial charge in [0.15, 0.2) is 11.5 Å². The quantitative estimate of drug-likeness (QED) is 0.916. The van der Waals surface area contributed by atoms with Crippen LogP contribution in [0.25, 0.3) is 0 Å². The average molecular weight is 286 g/mol. The summed E-state index contributed by atoms with van der Waals surface area (Å²) in [7, 11) is 3.15. The van der Waals surface area contributed by atoms with E-state index >= 15 is 0 Å². The van der Waals surface area contributed by atoms with Crippen LogP contribution in [0.3, 0.4) is 0 Å². The molecule has 5 heteroatoms. The molecule has 0 aliphatic carbocycles. The van der Waals surface area contributed by atoms with E-state index < -0.39 is 5.97 Å². The van der Waals surface area contributed by atoms with Gasteiger partial charge in [0.1, 0.15) is 0 Å². The molecule has 0 fully saturated rings. The minimum absolute atomic E-state index is 0.00561. The zero-order valence-corrected chi connectivity index (χ0v) is 11.8. The number of carboxylic acids is 1. The second kappa shape index (κ2) is 6.17. The molecule has 0 unspecified atom stereocenters. The van der Waals surface area contributed by atoms with Crippen LogP contribution < -0.4 is 15.2 Å². The highest BCUT2D eigenvalue weighted by atomic mass is 16.5. The second-order valence-electron chi connectivity index (χ2n) is 4.55. The Balaban J connectivity index is 2.26. The summed E-state index contributed by atoms with van der Waals surface area (Å²) in [5, 5.41) is 8.92. The molecule has 0 aliphatic rings. The van der Waals surface area contributed by atoms with Gasteiger partial charge in [0, 0.05) is 0 Å². The highest BCUT2D eigenvalue weighted by molar-refractivity contribution is 5.93. The van der Waals surface area contributed by atoms with Gasteiger partial charge in [-0.2, -0.15) is 0 Å². The van der Waals surface area contributed by atoms with Gasteiger partial charge in [0.2, 0.25) is 0 Å². The fourth-order valence-electron chi connectivity index (χ4n) is 2.11. The van der Waals surface area contributed by atoms with Crippen LogP contribution in [0.15, 0.2) is 36.4 Å². The van der Waals surface area contributed by atoms with Gasteiger partial charge < -0.3 is 14.6 Å². The molecule has 0 heterocycles. The Hall–Kier alpha value is -2.69. The van der Waals surface area contributed by atoms with Crippen molar-refractivity contribution in [2.45, 2.75) is 6.42 Å². The number of methoxy groups -OCH3 is 2. The first-order valence-electron chi connectivity index (χ1n) is 6.34. The van der Waals surface area contributed by atoms with Crippen LogP contribution in [0.4, 0.5) is 5.69 Å². The van der Waals surface area contributed by atoms with Crippen LogP contribution in [-0.4, -0.2) is 25.3 Å². The minimum Gasteiger partial charge on any atom is -0.493 e. The lowest BCUT2D eigenvalue weighted by Crippen LogP contribution is -1.99. The fourth-order valence-corrected chi connectivity index (χ4v) is 2.11. The van der Waals surface area contributed by atoms with Crippen molar-refractivity contribution in [2.75, 3.05) is 14.2 Å². The SMILES string of the molecule is COc1ccc(Cc2ccc(C(=O)O)c([NH])c2)cc1OC. The maximum atomic E-state index is 10.9. The van der Waals surface area contributed by atoms with Crippen LogP contribution in [0.1, 0.15) is 21.5 Å². The van der Waals surface area contributed by atoms with Crippen molar-refractivity contribution in [3.05, 3.63) is 53.1 Å². The molecular formula is C16H16NO4. The first kappa shape index (κ1) is 14.7. The van der Waals surface area contributed by atoms with Gasteiger partial charge in [-0.1, -0.05) is 12.1 Å². The molecular weight excluding hydrogens is 270 g/mol. The van der Waals surface area contributed by atoms with Crippen LogP contribution in [0.5, 0.6) is 11.5 Å². The van der Waals surface area contributed by atoms with Gasteiger partial charge in [-0.15, -0.1) is 0 Å². The van der Waals surface area contributed by atoms with Crippen LogP contribution >= 0.6 is 0 Å². The molecule has 2 aromatic carbocycles. The number of carbonyl (C=O) groups is 1. The zero-order valence-electron chi connectivity index (χ0n) is 11.8. The monoisotopic (exact) mass is 286 g/mol. The predicted octanol–water partition coefficient (Wildman–Crippen LogP) is 2.91. The first-order valence-corrected chi connectivity index (χ1v) is 6.34. The van der Waals surface area contributed by atoms with Crippen LogP contribution in [0.2, 0.25) is 0 Å². The van der Waals surface area contributed by atoms with Crippen molar-refractivity contribution in [3.8, 4) is 11.5 Å². The lowest BCUT2D eigenvalue weighted by molar-refractivity contribution is 0.0698. The molecule has 21 heavy (non-hydrogen) atoms. The Bertz CT molecular complexity index is 667. The number of ether oxygens (including phenoxy) is 2. The van der Waals surface area contributed by atoms with Crippen molar-refractivity contribution in [1.82, 2.24) is 5.73 Å². The van der Waals surface area contributed by atoms with Crippen LogP contribution in [0, 0.1) is 0 Å². The van der Waals surface area contributed by atoms with E-state index in [9.17, 15) is 4.79 Å². The van der Waals surface area contributed by atoms with Crippen molar-refractivity contribution in [2.24, 2.45) is 0 Å². The molecule has 0 bridgehead atoms. The maximum absolute atomic E-state index is 10.9. The van der Waals surface area contributed by atoms with Crippen LogP contribution in [-0.2, 0) is 6.42 Å². The fraction of sp³-hybridized carbons (Fsp3) is 0.188. The smallest absolute Gasteiger partial charge is 0.337 e. The van der Waals surface area contributed by atoms with E-state index in [0.717, 1.165) is 11.1 Å². The molecule has 0 saturated carbocycles. The summed E-state index contributed by atoms with van der Waals surface area (Å²) in [6.07, 6.45) is 0.589. The second-order valence-corrected chi connectivity index (χ2v) is 4.55. The van der Waals surface area contributed by atoms with E-state index in [2.05, 4.69) is 0 Å². The van der Waals surface area contributed by atoms with Gasteiger partial charge in [-0.05, 0) is 41.8 Å². The topological polar surface area (TPSA) is 79.6 Å². The van der Waals surface area contributed by atoms with E-state index in [1.165, 1.54) is 6.07 Å². The maximum Gasteiger partial charge on any atom is 0.337 e. The Morgan fingerprint density at radius 1 is 1.05 bits per heavy atom. The summed E-state index contributed by atoms with van der Waals surface area (Å²) >= 11 is 0. The number of benzene rings is 2. The summed E-state index contributed by atoms with van der Waals surface area (Å²) < 4.78 is 10.4. The van der Waals surface area contributed by atoms with E-state index in [4.69, 9.17) is 20.3 Å². The molecule has 2 N–H and O–H groups in total. The highest BCUT2D eigenvalue weighted by Gasteiger charge is 2.10. The number of aromatic carboxylic acids is 1. The lowest BCUT2D eigenvalue weighted by Gasteiger charge is -2.10. The average Bonchev–Trinajstić information content (AvgIpc) is 2.46. The molecule has 0 spiro atoms. The highest BCUT2D eigenvalue weighted by Crippen LogP contribution is 2.29.